The van der Waals surface area contributed by atoms with Crippen molar-refractivity contribution < 1.29 is 4.79 Å². The van der Waals surface area contributed by atoms with Crippen molar-refractivity contribution in [3.8, 4) is 0 Å². The van der Waals surface area contributed by atoms with E-state index in [1.807, 2.05) is 54.6 Å². The summed E-state index contributed by atoms with van der Waals surface area (Å²) in [4.78, 5) is 13.7. The minimum Gasteiger partial charge on any atom is -0.280 e. The number of rotatable bonds is 0. The molecule has 0 fully saturated rings. The molecule has 0 aromatic heterocycles. The lowest BCUT2D eigenvalue weighted by Crippen LogP contribution is -2.23. The van der Waals surface area contributed by atoms with Crippen molar-refractivity contribution in [1.82, 2.24) is 0 Å². The van der Waals surface area contributed by atoms with E-state index in [1.165, 1.54) is 0 Å². The van der Waals surface area contributed by atoms with E-state index in [2.05, 4.69) is 0 Å². The minimum atomic E-state index is -0.0281. The molecule has 1 amide bonds. The number of amides is 1. The first kappa shape index (κ1) is 12.0. The van der Waals surface area contributed by atoms with Gasteiger partial charge in [0.2, 0.25) is 5.91 Å². The number of hydrogen-bond donors (Lipinski definition) is 0. The fourth-order valence-corrected chi connectivity index (χ4v) is 2.64. The Hall–Kier alpha value is -2.06. The molecule has 2 aromatic carbocycles. The second-order valence-electron chi connectivity index (χ2n) is 4.42. The van der Waals surface area contributed by atoms with E-state index >= 15 is 0 Å². The highest BCUT2D eigenvalue weighted by Crippen LogP contribution is 2.40. The zero-order chi connectivity index (χ0) is 13.4. The highest BCUT2D eigenvalue weighted by molar-refractivity contribution is 6.52. The van der Waals surface area contributed by atoms with Gasteiger partial charge in [-0.3, -0.25) is 9.69 Å². The molecule has 3 rings (SSSR count). The van der Waals surface area contributed by atoms with Crippen molar-refractivity contribution in [3.05, 3.63) is 59.7 Å². The molecule has 0 unspecified atom stereocenters. The third kappa shape index (κ3) is 1.94. The predicted molar refractivity (Wildman–Crippen MR) is 79.4 cm³/mol. The van der Waals surface area contributed by atoms with Gasteiger partial charge in [0, 0.05) is 18.1 Å². The summed E-state index contributed by atoms with van der Waals surface area (Å²) in [6, 6.07) is 15.4. The van der Waals surface area contributed by atoms with Gasteiger partial charge in [0.15, 0.2) is 0 Å². The molecule has 1 heterocycles. The number of carbonyl (C=O) groups is 1. The lowest BCUT2D eigenvalue weighted by Gasteiger charge is -2.23. The highest BCUT2D eigenvalue weighted by Gasteiger charge is 2.23. The van der Waals surface area contributed by atoms with E-state index in [0.717, 1.165) is 22.5 Å². The molecule has 0 aliphatic carbocycles. The number of benzene rings is 2. The van der Waals surface area contributed by atoms with Gasteiger partial charge < -0.3 is 0 Å². The summed E-state index contributed by atoms with van der Waals surface area (Å²) in [6.45, 7) is 1.56. The zero-order valence-corrected chi connectivity index (χ0v) is 11.2. The zero-order valence-electron chi connectivity index (χ0n) is 10.4. The number of nitrogens with zero attached hydrogens (tertiary/aromatic N) is 1. The summed E-state index contributed by atoms with van der Waals surface area (Å²) in [5.74, 6) is -0.0281. The normalized spacial score (nSPS) is 13.2. The van der Waals surface area contributed by atoms with E-state index in [-0.39, 0.29) is 5.91 Å². The van der Waals surface area contributed by atoms with Crippen LogP contribution >= 0.6 is 11.6 Å². The third-order valence-electron chi connectivity index (χ3n) is 3.18. The van der Waals surface area contributed by atoms with Gasteiger partial charge >= 0.3 is 0 Å². The van der Waals surface area contributed by atoms with Crippen LogP contribution in [-0.4, -0.2) is 5.91 Å². The number of carbonyl (C=O) groups excluding carboxylic acids is 1. The maximum absolute atomic E-state index is 12.0. The van der Waals surface area contributed by atoms with Crippen molar-refractivity contribution in [2.75, 3.05) is 4.90 Å². The topological polar surface area (TPSA) is 20.3 Å². The van der Waals surface area contributed by atoms with Gasteiger partial charge in [-0.1, -0.05) is 48.0 Å². The fraction of sp³-hybridized carbons (Fsp3) is 0.0625. The summed E-state index contributed by atoms with van der Waals surface area (Å²) in [6.07, 6.45) is 1.90. The molecule has 0 N–H and O–H groups in total. The monoisotopic (exact) mass is 269 g/mol. The van der Waals surface area contributed by atoms with Crippen LogP contribution in [0.5, 0.6) is 0 Å². The maximum Gasteiger partial charge on any atom is 0.228 e. The molecule has 19 heavy (non-hydrogen) atoms. The summed E-state index contributed by atoms with van der Waals surface area (Å²) < 4.78 is 0. The van der Waals surface area contributed by atoms with Crippen molar-refractivity contribution in [2.45, 2.75) is 6.92 Å². The van der Waals surface area contributed by atoms with Crippen molar-refractivity contribution in [2.24, 2.45) is 0 Å². The van der Waals surface area contributed by atoms with Gasteiger partial charge in [-0.15, -0.1) is 0 Å². The van der Waals surface area contributed by atoms with Crippen molar-refractivity contribution in [3.63, 3.8) is 0 Å². The van der Waals surface area contributed by atoms with Crippen LogP contribution in [0, 0.1) is 0 Å². The van der Waals surface area contributed by atoms with Crippen LogP contribution in [0.4, 0.5) is 11.4 Å². The molecule has 94 valence electrons. The first-order valence-corrected chi connectivity index (χ1v) is 6.42. The number of para-hydroxylation sites is 2. The Morgan fingerprint density at radius 2 is 1.63 bits per heavy atom. The molecule has 0 atom stereocenters. The largest absolute Gasteiger partial charge is 0.280 e. The van der Waals surface area contributed by atoms with E-state index in [1.54, 1.807) is 11.8 Å². The SMILES string of the molecule is CC(=O)N1c2ccccc2C=C(Cl)c2ccccc21. The van der Waals surface area contributed by atoms with Gasteiger partial charge in [0.1, 0.15) is 0 Å². The summed E-state index contributed by atoms with van der Waals surface area (Å²) in [5, 5.41) is 0.645. The molecule has 1 aliphatic rings. The van der Waals surface area contributed by atoms with Gasteiger partial charge in [0.25, 0.3) is 0 Å². The molecular weight excluding hydrogens is 258 g/mol. The number of fused-ring (bicyclic) bond motifs is 2. The number of anilines is 2. The Kier molecular flexibility index (Phi) is 2.88. The minimum absolute atomic E-state index is 0.0281. The standard InChI is InChI=1S/C16H12ClNO/c1-11(19)18-15-8-4-2-6-12(15)10-14(17)13-7-3-5-9-16(13)18/h2-10H,1H3. The molecule has 0 saturated carbocycles. The molecule has 1 aliphatic heterocycles. The molecular formula is C16H12ClNO. The maximum atomic E-state index is 12.0. The van der Waals surface area contributed by atoms with Crippen LogP contribution in [0.3, 0.4) is 0 Å². The summed E-state index contributed by atoms with van der Waals surface area (Å²) in [7, 11) is 0. The third-order valence-corrected chi connectivity index (χ3v) is 3.49. The van der Waals surface area contributed by atoms with Crippen LogP contribution in [-0.2, 0) is 4.79 Å². The van der Waals surface area contributed by atoms with Crippen LogP contribution in [0.2, 0.25) is 0 Å². The Morgan fingerprint density at radius 3 is 2.37 bits per heavy atom. The van der Waals surface area contributed by atoms with Gasteiger partial charge in [-0.05, 0) is 18.2 Å². The molecule has 0 saturated heterocycles. The van der Waals surface area contributed by atoms with Gasteiger partial charge in [-0.25, -0.2) is 0 Å². The average molecular weight is 270 g/mol. The number of hydrogen-bond acceptors (Lipinski definition) is 1. The van der Waals surface area contributed by atoms with E-state index in [4.69, 9.17) is 11.6 Å². The average Bonchev–Trinajstić information content (AvgIpc) is 2.53. The van der Waals surface area contributed by atoms with Crippen LogP contribution in [0.1, 0.15) is 18.1 Å². The van der Waals surface area contributed by atoms with Crippen LogP contribution in [0.25, 0.3) is 11.1 Å². The fourth-order valence-electron chi connectivity index (χ4n) is 2.37. The molecule has 0 bridgehead atoms. The lowest BCUT2D eigenvalue weighted by atomic mass is 10.1. The second kappa shape index (κ2) is 4.56. The Morgan fingerprint density at radius 1 is 1.00 bits per heavy atom. The Balaban J connectivity index is 2.36. The summed E-state index contributed by atoms with van der Waals surface area (Å²) in [5.41, 5.74) is 3.49. The second-order valence-corrected chi connectivity index (χ2v) is 4.83. The van der Waals surface area contributed by atoms with Gasteiger partial charge in [-0.2, -0.15) is 0 Å². The van der Waals surface area contributed by atoms with E-state index in [9.17, 15) is 4.79 Å². The molecule has 2 nitrogen and oxygen atoms in total. The van der Waals surface area contributed by atoms with Crippen LogP contribution in [0.15, 0.2) is 48.5 Å². The Bertz CT molecular complexity index is 691. The first-order chi connectivity index (χ1) is 9.18. The van der Waals surface area contributed by atoms with Gasteiger partial charge in [0.05, 0.1) is 16.4 Å². The molecule has 3 heteroatoms. The first-order valence-electron chi connectivity index (χ1n) is 6.05. The van der Waals surface area contributed by atoms with Crippen LogP contribution < -0.4 is 4.90 Å². The summed E-state index contributed by atoms with van der Waals surface area (Å²) >= 11 is 6.37. The number of halogens is 1. The lowest BCUT2D eigenvalue weighted by molar-refractivity contribution is -0.115. The van der Waals surface area contributed by atoms with Crippen molar-refractivity contribution >= 4 is 40.0 Å². The molecule has 0 radical (unpaired) electrons. The quantitative estimate of drug-likeness (QED) is 0.693. The van der Waals surface area contributed by atoms with E-state index in [0.29, 0.717) is 5.03 Å². The Labute approximate surface area is 116 Å². The predicted octanol–water partition coefficient (Wildman–Crippen LogP) is 4.42. The van der Waals surface area contributed by atoms with Crippen molar-refractivity contribution in [1.29, 1.82) is 0 Å². The molecule has 2 aromatic rings. The van der Waals surface area contributed by atoms with E-state index < -0.39 is 0 Å². The molecule has 0 spiro atoms. The highest BCUT2D eigenvalue weighted by atomic mass is 35.5. The smallest absolute Gasteiger partial charge is 0.228 e.